The van der Waals surface area contributed by atoms with Crippen LogP contribution in [-0.4, -0.2) is 18.6 Å². The first-order chi connectivity index (χ1) is 7.02. The Labute approximate surface area is 92.6 Å². The van der Waals surface area contributed by atoms with Crippen molar-refractivity contribution in [3.05, 3.63) is 0 Å². The average Bonchev–Trinajstić information content (AvgIpc) is 2.15. The second-order valence-corrected chi connectivity index (χ2v) is 4.51. The Kier molecular flexibility index (Phi) is 7.35. The Morgan fingerprint density at radius 3 is 2.33 bits per heavy atom. The molecule has 2 unspecified atom stereocenters. The fourth-order valence-electron chi connectivity index (χ4n) is 1.96. The van der Waals surface area contributed by atoms with Crippen LogP contribution in [0.1, 0.15) is 47.0 Å². The van der Waals surface area contributed by atoms with Gasteiger partial charge >= 0.3 is 0 Å². The van der Waals surface area contributed by atoms with Crippen molar-refractivity contribution < 1.29 is 9.18 Å². The molecular formula is C12H24FNO. The van der Waals surface area contributed by atoms with Gasteiger partial charge in [-0.1, -0.05) is 33.6 Å². The van der Waals surface area contributed by atoms with Gasteiger partial charge in [0.05, 0.1) is 6.04 Å². The van der Waals surface area contributed by atoms with Crippen LogP contribution < -0.4 is 5.32 Å². The van der Waals surface area contributed by atoms with Crippen molar-refractivity contribution in [3.8, 4) is 0 Å². The Morgan fingerprint density at radius 1 is 1.40 bits per heavy atom. The second-order valence-electron chi connectivity index (χ2n) is 4.51. The zero-order valence-electron chi connectivity index (χ0n) is 10.3. The van der Waals surface area contributed by atoms with Crippen LogP contribution in [0.25, 0.3) is 0 Å². The van der Waals surface area contributed by atoms with Crippen molar-refractivity contribution in [2.75, 3.05) is 6.67 Å². The van der Waals surface area contributed by atoms with E-state index in [0.29, 0.717) is 5.92 Å². The lowest BCUT2D eigenvalue weighted by Crippen LogP contribution is -2.42. The highest BCUT2D eigenvalue weighted by atomic mass is 19.1. The predicted octanol–water partition coefficient (Wildman–Crippen LogP) is 2.92. The number of hydrogen-bond acceptors (Lipinski definition) is 1. The number of hydrogen-bond donors (Lipinski definition) is 1. The maximum absolute atomic E-state index is 12.8. The molecule has 0 bridgehead atoms. The first-order valence-electron chi connectivity index (χ1n) is 5.86. The Morgan fingerprint density at radius 2 is 2.00 bits per heavy atom. The molecule has 1 N–H and O–H groups in total. The van der Waals surface area contributed by atoms with Gasteiger partial charge in [0, 0.05) is 6.92 Å². The molecule has 0 spiro atoms. The summed E-state index contributed by atoms with van der Waals surface area (Å²) >= 11 is 0. The topological polar surface area (TPSA) is 29.1 Å². The van der Waals surface area contributed by atoms with Gasteiger partial charge in [-0.15, -0.1) is 0 Å². The molecule has 0 saturated heterocycles. The largest absolute Gasteiger partial charge is 0.351 e. The summed E-state index contributed by atoms with van der Waals surface area (Å²) in [6.45, 7) is 7.28. The van der Waals surface area contributed by atoms with Crippen LogP contribution >= 0.6 is 0 Å². The Bertz CT molecular complexity index is 182. The smallest absolute Gasteiger partial charge is 0.217 e. The van der Waals surface area contributed by atoms with Crippen LogP contribution in [-0.2, 0) is 4.79 Å². The fraction of sp³-hybridized carbons (Fsp3) is 0.917. The highest BCUT2D eigenvalue weighted by molar-refractivity contribution is 5.73. The SMILES string of the molecule is CCCCC(C(C)C)C(CF)NC(C)=O. The molecule has 90 valence electrons. The third-order valence-electron chi connectivity index (χ3n) is 2.82. The van der Waals surface area contributed by atoms with E-state index in [0.717, 1.165) is 19.3 Å². The van der Waals surface area contributed by atoms with Crippen molar-refractivity contribution in [1.82, 2.24) is 5.32 Å². The second kappa shape index (κ2) is 7.66. The summed E-state index contributed by atoms with van der Waals surface area (Å²) in [6.07, 6.45) is 3.20. The van der Waals surface area contributed by atoms with Crippen LogP contribution in [0, 0.1) is 11.8 Å². The normalized spacial score (nSPS) is 15.1. The number of amides is 1. The molecule has 2 nitrogen and oxygen atoms in total. The van der Waals surface area contributed by atoms with Gasteiger partial charge in [-0.2, -0.15) is 0 Å². The number of nitrogens with one attached hydrogen (secondary N) is 1. The molecule has 0 rings (SSSR count). The minimum atomic E-state index is -0.466. The number of carbonyl (C=O) groups is 1. The number of halogens is 1. The third kappa shape index (κ3) is 5.75. The molecule has 0 heterocycles. The molecule has 1 amide bonds. The molecule has 0 aromatic carbocycles. The summed E-state index contributed by atoms with van der Waals surface area (Å²) in [5, 5.41) is 2.71. The molecule has 3 heteroatoms. The number of alkyl halides is 1. The lowest BCUT2D eigenvalue weighted by atomic mass is 9.84. The maximum atomic E-state index is 12.8. The van der Waals surface area contributed by atoms with Crippen LogP contribution in [0.3, 0.4) is 0 Å². The van der Waals surface area contributed by atoms with Gasteiger partial charge in [0.1, 0.15) is 6.67 Å². The molecule has 0 aliphatic carbocycles. The number of rotatable bonds is 7. The molecule has 0 aliphatic rings. The van der Waals surface area contributed by atoms with Gasteiger partial charge in [0.15, 0.2) is 0 Å². The van der Waals surface area contributed by atoms with Gasteiger partial charge < -0.3 is 5.32 Å². The summed E-state index contributed by atoms with van der Waals surface area (Å²) in [6, 6.07) is -0.311. The van der Waals surface area contributed by atoms with Crippen molar-refractivity contribution >= 4 is 5.91 Å². The summed E-state index contributed by atoms with van der Waals surface area (Å²) < 4.78 is 12.8. The molecule has 0 saturated carbocycles. The minimum absolute atomic E-state index is 0.139. The summed E-state index contributed by atoms with van der Waals surface area (Å²) in [5.41, 5.74) is 0. The molecule has 0 fully saturated rings. The van der Waals surface area contributed by atoms with E-state index in [1.807, 2.05) is 0 Å². The molecule has 0 aromatic heterocycles. The number of carbonyl (C=O) groups excluding carboxylic acids is 1. The Hall–Kier alpha value is -0.600. The molecule has 0 aliphatic heterocycles. The number of unbranched alkanes of at least 4 members (excludes halogenated alkanes) is 1. The summed E-state index contributed by atoms with van der Waals surface area (Å²) in [4.78, 5) is 10.9. The summed E-state index contributed by atoms with van der Waals surface area (Å²) in [5.74, 6) is 0.516. The van der Waals surface area contributed by atoms with Crippen LogP contribution in [0.2, 0.25) is 0 Å². The van der Waals surface area contributed by atoms with Crippen molar-refractivity contribution in [2.24, 2.45) is 11.8 Å². The van der Waals surface area contributed by atoms with Gasteiger partial charge in [0.25, 0.3) is 0 Å². The molecule has 2 atom stereocenters. The standard InChI is InChI=1S/C12H24FNO/c1-5-6-7-11(9(2)3)12(8-13)14-10(4)15/h9,11-12H,5-8H2,1-4H3,(H,14,15). The maximum Gasteiger partial charge on any atom is 0.217 e. The van der Waals surface area contributed by atoms with Crippen molar-refractivity contribution in [1.29, 1.82) is 0 Å². The first-order valence-corrected chi connectivity index (χ1v) is 5.86. The summed E-state index contributed by atoms with van der Waals surface area (Å²) in [7, 11) is 0. The van der Waals surface area contributed by atoms with Crippen LogP contribution in [0.5, 0.6) is 0 Å². The van der Waals surface area contributed by atoms with Crippen molar-refractivity contribution in [2.45, 2.75) is 53.0 Å². The molecule has 0 aromatic rings. The van der Waals surface area contributed by atoms with E-state index < -0.39 is 6.67 Å². The fourth-order valence-corrected chi connectivity index (χ4v) is 1.96. The van der Waals surface area contributed by atoms with E-state index in [2.05, 4.69) is 26.1 Å². The Balaban J connectivity index is 4.33. The van der Waals surface area contributed by atoms with E-state index >= 15 is 0 Å². The van der Waals surface area contributed by atoms with Gasteiger partial charge in [-0.3, -0.25) is 4.79 Å². The third-order valence-corrected chi connectivity index (χ3v) is 2.82. The van der Waals surface area contributed by atoms with Crippen LogP contribution in [0.15, 0.2) is 0 Å². The molecule has 0 radical (unpaired) electrons. The highest BCUT2D eigenvalue weighted by Gasteiger charge is 2.24. The predicted molar refractivity (Wildman–Crippen MR) is 61.4 cm³/mol. The highest BCUT2D eigenvalue weighted by Crippen LogP contribution is 2.22. The molecule has 15 heavy (non-hydrogen) atoms. The lowest BCUT2D eigenvalue weighted by molar-refractivity contribution is -0.120. The zero-order valence-corrected chi connectivity index (χ0v) is 10.3. The quantitative estimate of drug-likeness (QED) is 0.698. The van der Waals surface area contributed by atoms with E-state index in [4.69, 9.17) is 0 Å². The zero-order chi connectivity index (χ0) is 11.8. The minimum Gasteiger partial charge on any atom is -0.351 e. The lowest BCUT2D eigenvalue weighted by Gasteiger charge is -2.28. The van der Waals surface area contributed by atoms with E-state index in [1.165, 1.54) is 6.92 Å². The van der Waals surface area contributed by atoms with Gasteiger partial charge in [0.2, 0.25) is 5.91 Å². The van der Waals surface area contributed by atoms with Crippen molar-refractivity contribution in [3.63, 3.8) is 0 Å². The average molecular weight is 217 g/mol. The first kappa shape index (κ1) is 14.4. The van der Waals surface area contributed by atoms with E-state index in [9.17, 15) is 9.18 Å². The van der Waals surface area contributed by atoms with Gasteiger partial charge in [-0.05, 0) is 18.3 Å². The molecular weight excluding hydrogens is 193 g/mol. The van der Waals surface area contributed by atoms with Crippen LogP contribution in [0.4, 0.5) is 4.39 Å². The van der Waals surface area contributed by atoms with E-state index in [-0.39, 0.29) is 17.9 Å². The van der Waals surface area contributed by atoms with E-state index in [1.54, 1.807) is 0 Å². The monoisotopic (exact) mass is 217 g/mol. The van der Waals surface area contributed by atoms with Gasteiger partial charge in [-0.25, -0.2) is 4.39 Å².